The van der Waals surface area contributed by atoms with Crippen molar-refractivity contribution in [2.75, 3.05) is 38.2 Å². The number of rotatable bonds is 6. The summed E-state index contributed by atoms with van der Waals surface area (Å²) in [6, 6.07) is 10.2. The second-order valence-corrected chi connectivity index (χ2v) is 9.54. The number of hydrogen-bond acceptors (Lipinski definition) is 6. The van der Waals surface area contributed by atoms with Gasteiger partial charge in [0.05, 0.1) is 24.2 Å². The number of anilines is 1. The molecule has 0 bridgehead atoms. The van der Waals surface area contributed by atoms with Gasteiger partial charge in [-0.1, -0.05) is 18.2 Å². The van der Waals surface area contributed by atoms with Crippen LogP contribution in [0.1, 0.15) is 44.9 Å². The summed E-state index contributed by atoms with van der Waals surface area (Å²) in [6.45, 7) is 2.82. The minimum atomic E-state index is -0.566. The Bertz CT molecular complexity index is 776. The van der Waals surface area contributed by atoms with Crippen LogP contribution >= 0.6 is 0 Å². The van der Waals surface area contributed by atoms with E-state index in [9.17, 15) is 14.8 Å². The Labute approximate surface area is 196 Å². The molecule has 8 nitrogen and oxygen atoms in total. The highest BCUT2D eigenvalue weighted by Gasteiger charge is 2.42. The molecule has 2 amide bonds. The number of para-hydroxylation sites is 1. The maximum atomic E-state index is 13.4. The second kappa shape index (κ2) is 11.3. The van der Waals surface area contributed by atoms with Gasteiger partial charge in [0.2, 0.25) is 11.8 Å². The molecule has 3 atom stereocenters. The maximum Gasteiger partial charge on any atom is 0.247 e. The average molecular weight is 460 g/mol. The summed E-state index contributed by atoms with van der Waals surface area (Å²) in [7, 11) is 1.75. The van der Waals surface area contributed by atoms with Gasteiger partial charge in [0.15, 0.2) is 0 Å². The minimum Gasteiger partial charge on any atom is -0.381 e. The van der Waals surface area contributed by atoms with Crippen LogP contribution in [0.2, 0.25) is 0 Å². The van der Waals surface area contributed by atoms with Crippen molar-refractivity contribution in [3.8, 4) is 0 Å². The maximum absolute atomic E-state index is 13.4. The van der Waals surface area contributed by atoms with Gasteiger partial charge in [-0.05, 0) is 57.1 Å². The van der Waals surface area contributed by atoms with E-state index in [0.717, 1.165) is 45.2 Å². The number of piperazine rings is 1. The first-order valence-electron chi connectivity index (χ1n) is 12.3. The molecule has 2 aliphatic carbocycles. The third-order valence-corrected chi connectivity index (χ3v) is 7.62. The summed E-state index contributed by atoms with van der Waals surface area (Å²) < 4.78 is 11.8. The zero-order chi connectivity index (χ0) is 23.2. The number of hydrogen-bond donors (Lipinski definition) is 2. The van der Waals surface area contributed by atoms with Crippen LogP contribution in [-0.2, 0) is 19.1 Å². The van der Waals surface area contributed by atoms with Crippen molar-refractivity contribution in [2.45, 2.75) is 63.3 Å². The molecule has 1 saturated heterocycles. The lowest BCUT2D eigenvalue weighted by atomic mass is 9.76. The van der Waals surface area contributed by atoms with Gasteiger partial charge in [-0.25, -0.2) is 5.48 Å². The summed E-state index contributed by atoms with van der Waals surface area (Å²) in [5.74, 6) is -1.43. The van der Waals surface area contributed by atoms with Crippen molar-refractivity contribution in [1.29, 1.82) is 0 Å². The standard InChI is InChI=1S/C25H37N3O5/c1-32-19-7-9-20(10-8-19)33-21-11-12-22(23(17-21)24(29)26-31)25(30)28-15-13-27(14-16-28)18-5-3-2-4-6-18/h2-6,19-23,31H,7-17H2,1H3,(H,26,29). The molecule has 1 aromatic carbocycles. The van der Waals surface area contributed by atoms with Gasteiger partial charge >= 0.3 is 0 Å². The third-order valence-electron chi connectivity index (χ3n) is 7.62. The van der Waals surface area contributed by atoms with Crippen LogP contribution in [0.5, 0.6) is 0 Å². The lowest BCUT2D eigenvalue weighted by molar-refractivity contribution is -0.152. The number of ether oxygens (including phenoxy) is 2. The van der Waals surface area contributed by atoms with Gasteiger partial charge in [0.1, 0.15) is 0 Å². The molecule has 4 rings (SSSR count). The molecule has 1 aromatic rings. The van der Waals surface area contributed by atoms with E-state index >= 15 is 0 Å². The summed E-state index contributed by atoms with van der Waals surface area (Å²) in [6.07, 6.45) is 6.17. The molecule has 8 heteroatoms. The van der Waals surface area contributed by atoms with Crippen LogP contribution in [0.4, 0.5) is 5.69 Å². The third kappa shape index (κ3) is 5.86. The molecule has 3 aliphatic rings. The second-order valence-electron chi connectivity index (χ2n) is 9.54. The van der Waals surface area contributed by atoms with Gasteiger partial charge in [-0.2, -0.15) is 0 Å². The van der Waals surface area contributed by atoms with Gasteiger partial charge in [-0.15, -0.1) is 0 Å². The van der Waals surface area contributed by atoms with E-state index in [4.69, 9.17) is 9.47 Å². The quantitative estimate of drug-likeness (QED) is 0.502. The first-order valence-corrected chi connectivity index (χ1v) is 12.3. The van der Waals surface area contributed by atoms with Crippen molar-refractivity contribution in [3.63, 3.8) is 0 Å². The molecule has 0 radical (unpaired) electrons. The van der Waals surface area contributed by atoms with E-state index in [-0.39, 0.29) is 18.1 Å². The molecular weight excluding hydrogens is 422 g/mol. The Kier molecular flexibility index (Phi) is 8.22. The number of methoxy groups -OCH3 is 1. The molecular formula is C25H37N3O5. The Morgan fingerprint density at radius 1 is 0.879 bits per heavy atom. The summed E-state index contributed by atoms with van der Waals surface area (Å²) >= 11 is 0. The highest BCUT2D eigenvalue weighted by Crippen LogP contribution is 2.36. The van der Waals surface area contributed by atoms with E-state index in [0.29, 0.717) is 32.0 Å². The predicted octanol–water partition coefficient (Wildman–Crippen LogP) is 2.60. The fourth-order valence-corrected chi connectivity index (χ4v) is 5.66. The summed E-state index contributed by atoms with van der Waals surface area (Å²) in [5.41, 5.74) is 2.96. The molecule has 1 heterocycles. The van der Waals surface area contributed by atoms with E-state index in [1.54, 1.807) is 12.6 Å². The molecule has 3 unspecified atom stereocenters. The normalized spacial score (nSPS) is 30.7. The van der Waals surface area contributed by atoms with Crippen molar-refractivity contribution in [1.82, 2.24) is 10.4 Å². The Morgan fingerprint density at radius 2 is 1.52 bits per heavy atom. The fraction of sp³-hybridized carbons (Fsp3) is 0.680. The van der Waals surface area contributed by atoms with Crippen molar-refractivity contribution >= 4 is 17.5 Å². The zero-order valence-corrected chi connectivity index (χ0v) is 19.5. The van der Waals surface area contributed by atoms with Crippen LogP contribution < -0.4 is 10.4 Å². The highest BCUT2D eigenvalue weighted by atomic mass is 16.5. The lowest BCUT2D eigenvalue weighted by Crippen LogP contribution is -2.53. The minimum absolute atomic E-state index is 0.0235. The van der Waals surface area contributed by atoms with Gasteiger partial charge in [-0.3, -0.25) is 14.8 Å². The van der Waals surface area contributed by atoms with E-state index in [2.05, 4.69) is 17.0 Å². The van der Waals surface area contributed by atoms with Gasteiger partial charge in [0.25, 0.3) is 0 Å². The molecule has 0 spiro atoms. The highest BCUT2D eigenvalue weighted by molar-refractivity contribution is 5.87. The fourth-order valence-electron chi connectivity index (χ4n) is 5.66. The molecule has 3 fully saturated rings. The molecule has 2 N–H and O–H groups in total. The first kappa shape index (κ1) is 24.0. The van der Waals surface area contributed by atoms with E-state index < -0.39 is 17.7 Å². The summed E-state index contributed by atoms with van der Waals surface area (Å²) in [4.78, 5) is 30.1. The number of amides is 2. The topological polar surface area (TPSA) is 91.3 Å². The number of carbonyl (C=O) groups is 2. The molecule has 2 saturated carbocycles. The number of benzene rings is 1. The summed E-state index contributed by atoms with van der Waals surface area (Å²) in [5, 5.41) is 9.34. The molecule has 0 aromatic heterocycles. The van der Waals surface area contributed by atoms with Crippen molar-refractivity contribution in [3.05, 3.63) is 30.3 Å². The molecule has 1 aliphatic heterocycles. The zero-order valence-electron chi connectivity index (χ0n) is 19.5. The van der Waals surface area contributed by atoms with E-state index in [1.165, 1.54) is 5.69 Å². The Balaban J connectivity index is 1.32. The van der Waals surface area contributed by atoms with E-state index in [1.807, 2.05) is 23.1 Å². The number of hydroxylamine groups is 1. The lowest BCUT2D eigenvalue weighted by Gasteiger charge is -2.41. The first-order chi connectivity index (χ1) is 16.1. The Hall–Kier alpha value is -2.16. The SMILES string of the molecule is COC1CCC(OC2CCC(C(=O)N3CCN(c4ccccc4)CC3)C(C(=O)NO)C2)CC1. The predicted molar refractivity (Wildman–Crippen MR) is 124 cm³/mol. The molecule has 182 valence electrons. The van der Waals surface area contributed by atoms with Crippen LogP contribution in [-0.4, -0.2) is 73.5 Å². The van der Waals surface area contributed by atoms with Crippen LogP contribution in [0.25, 0.3) is 0 Å². The van der Waals surface area contributed by atoms with Crippen LogP contribution in [0.3, 0.4) is 0 Å². The van der Waals surface area contributed by atoms with Gasteiger partial charge in [0, 0.05) is 44.9 Å². The number of carbonyl (C=O) groups excluding carboxylic acids is 2. The van der Waals surface area contributed by atoms with Gasteiger partial charge < -0.3 is 19.3 Å². The Morgan fingerprint density at radius 3 is 2.15 bits per heavy atom. The number of nitrogens with one attached hydrogen (secondary N) is 1. The van der Waals surface area contributed by atoms with Crippen LogP contribution in [0, 0.1) is 11.8 Å². The van der Waals surface area contributed by atoms with Crippen LogP contribution in [0.15, 0.2) is 30.3 Å². The monoisotopic (exact) mass is 459 g/mol. The van der Waals surface area contributed by atoms with Crippen molar-refractivity contribution < 1.29 is 24.3 Å². The average Bonchev–Trinajstić information content (AvgIpc) is 2.89. The molecule has 33 heavy (non-hydrogen) atoms. The van der Waals surface area contributed by atoms with Crippen molar-refractivity contribution in [2.24, 2.45) is 11.8 Å². The largest absolute Gasteiger partial charge is 0.381 e. The number of nitrogens with zero attached hydrogens (tertiary/aromatic N) is 2. The smallest absolute Gasteiger partial charge is 0.247 e.